The number of aliphatic carboxylic acids is 1. The Hall–Kier alpha value is -0.260. The minimum atomic E-state index is -1.17. The highest BCUT2D eigenvalue weighted by Gasteiger charge is 2.25. The largest absolute Gasteiger partial charge is 0.598 e. The highest BCUT2D eigenvalue weighted by molar-refractivity contribution is 7.90. The molecule has 0 unspecified atom stereocenters. The van der Waals surface area contributed by atoms with Crippen LogP contribution in [-0.2, 0) is 16.2 Å². The van der Waals surface area contributed by atoms with Crippen molar-refractivity contribution in [2.75, 3.05) is 6.54 Å². The molecule has 0 aliphatic rings. The molecule has 5 heteroatoms. The Morgan fingerprint density at radius 1 is 1.58 bits per heavy atom. The van der Waals surface area contributed by atoms with Crippen LogP contribution in [0.5, 0.6) is 0 Å². The fourth-order valence-corrected chi connectivity index (χ4v) is 1.19. The molecule has 0 bridgehead atoms. The zero-order valence-corrected chi connectivity index (χ0v) is 8.40. The Balaban J connectivity index is 3.58. The van der Waals surface area contributed by atoms with Gasteiger partial charge >= 0.3 is 5.97 Å². The normalized spacial score (nSPS) is 14.3. The molecular formula is C7H15NO3S. The van der Waals surface area contributed by atoms with Crippen LogP contribution in [0.15, 0.2) is 0 Å². The molecule has 0 aromatic rings. The quantitative estimate of drug-likeness (QED) is 0.638. The lowest BCUT2D eigenvalue weighted by Gasteiger charge is -2.23. The lowest BCUT2D eigenvalue weighted by Crippen LogP contribution is -2.40. The highest BCUT2D eigenvalue weighted by Crippen LogP contribution is 2.12. The summed E-state index contributed by atoms with van der Waals surface area (Å²) in [4.78, 5) is 10.1. The minimum absolute atomic E-state index is 0.00181. The number of carboxylic acids is 1. The van der Waals surface area contributed by atoms with E-state index in [1.807, 2.05) is 20.8 Å². The number of carbonyl (C=O) groups is 1. The van der Waals surface area contributed by atoms with Crippen LogP contribution >= 0.6 is 0 Å². The van der Waals surface area contributed by atoms with Crippen LogP contribution in [0.1, 0.15) is 27.2 Å². The van der Waals surface area contributed by atoms with E-state index in [0.717, 1.165) is 0 Å². The standard InChI is InChI=1S/C7H15NO3S/c1-7(2,3)12(11)8-5-4-6(9)10/h8H,4-5H2,1-3H3,(H,9,10)/t12-/m1/s1. The molecule has 0 spiro atoms. The van der Waals surface area contributed by atoms with Crippen LogP contribution in [0.2, 0.25) is 0 Å². The zero-order valence-electron chi connectivity index (χ0n) is 7.59. The Labute approximate surface area is 75.7 Å². The topological polar surface area (TPSA) is 72.4 Å². The van der Waals surface area contributed by atoms with Crippen LogP contribution in [0.25, 0.3) is 0 Å². The van der Waals surface area contributed by atoms with Crippen molar-refractivity contribution in [1.82, 2.24) is 4.72 Å². The van der Waals surface area contributed by atoms with Crippen molar-refractivity contribution in [3.63, 3.8) is 0 Å². The van der Waals surface area contributed by atoms with E-state index in [4.69, 9.17) is 5.11 Å². The summed E-state index contributed by atoms with van der Waals surface area (Å²) in [5.41, 5.74) is 0. The first-order valence-electron chi connectivity index (χ1n) is 3.71. The lowest BCUT2D eigenvalue weighted by molar-refractivity contribution is -0.136. The van der Waals surface area contributed by atoms with E-state index in [1.54, 1.807) is 0 Å². The Bertz CT molecular complexity index is 155. The van der Waals surface area contributed by atoms with Crippen molar-refractivity contribution in [1.29, 1.82) is 0 Å². The third-order valence-corrected chi connectivity index (χ3v) is 2.71. The summed E-state index contributed by atoms with van der Waals surface area (Å²) in [6, 6.07) is 0. The molecule has 1 atom stereocenters. The maximum atomic E-state index is 11.3. The Kier molecular flexibility index (Phi) is 4.59. The Morgan fingerprint density at radius 3 is 2.42 bits per heavy atom. The van der Waals surface area contributed by atoms with E-state index in [9.17, 15) is 9.35 Å². The fraction of sp³-hybridized carbons (Fsp3) is 0.857. The summed E-state index contributed by atoms with van der Waals surface area (Å²) in [6.07, 6.45) is 0.00181. The molecule has 0 saturated heterocycles. The van der Waals surface area contributed by atoms with E-state index in [0.29, 0.717) is 0 Å². The molecule has 12 heavy (non-hydrogen) atoms. The molecule has 0 aromatic heterocycles. The molecule has 0 amide bonds. The maximum absolute atomic E-state index is 11.3. The molecule has 0 saturated carbocycles. The predicted octanol–water partition coefficient (Wildman–Crippen LogP) is 0.513. The van der Waals surface area contributed by atoms with Crippen molar-refractivity contribution in [3.8, 4) is 0 Å². The van der Waals surface area contributed by atoms with Gasteiger partial charge in [0.25, 0.3) is 0 Å². The fourth-order valence-electron chi connectivity index (χ4n) is 0.467. The minimum Gasteiger partial charge on any atom is -0.598 e. The van der Waals surface area contributed by atoms with E-state index >= 15 is 0 Å². The van der Waals surface area contributed by atoms with Gasteiger partial charge in [-0.25, -0.2) is 0 Å². The summed E-state index contributed by atoms with van der Waals surface area (Å²) < 4.78 is 13.6. The van der Waals surface area contributed by atoms with Gasteiger partial charge in [0.1, 0.15) is 4.75 Å². The van der Waals surface area contributed by atoms with Crippen LogP contribution in [-0.4, -0.2) is 26.9 Å². The highest BCUT2D eigenvalue weighted by atomic mass is 32.2. The molecular weight excluding hydrogens is 178 g/mol. The van der Waals surface area contributed by atoms with E-state index in [2.05, 4.69) is 4.72 Å². The average Bonchev–Trinajstić information content (AvgIpc) is 1.84. The maximum Gasteiger partial charge on any atom is 0.304 e. The molecule has 0 heterocycles. The van der Waals surface area contributed by atoms with Gasteiger partial charge in [-0.2, -0.15) is 0 Å². The summed E-state index contributed by atoms with van der Waals surface area (Å²) in [5.74, 6) is -0.881. The predicted molar refractivity (Wildman–Crippen MR) is 48.2 cm³/mol. The van der Waals surface area contributed by atoms with Crippen LogP contribution in [0.3, 0.4) is 0 Å². The summed E-state index contributed by atoms with van der Waals surface area (Å²) in [7, 11) is 0. The van der Waals surface area contributed by atoms with Crippen molar-refractivity contribution in [2.24, 2.45) is 0 Å². The number of carboxylic acid groups (broad SMARTS) is 1. The summed E-state index contributed by atoms with van der Waals surface area (Å²) in [6.45, 7) is 5.74. The van der Waals surface area contributed by atoms with Gasteiger partial charge < -0.3 is 9.66 Å². The van der Waals surface area contributed by atoms with Gasteiger partial charge in [-0.05, 0) is 20.8 Å². The molecule has 0 aromatic carbocycles. The SMILES string of the molecule is CC(C)(C)[S@@+]([O-])NCCC(=O)O. The first kappa shape index (κ1) is 11.7. The smallest absolute Gasteiger partial charge is 0.304 e. The van der Waals surface area contributed by atoms with Gasteiger partial charge in [-0.1, -0.05) is 0 Å². The molecule has 0 aliphatic carbocycles. The third kappa shape index (κ3) is 5.40. The van der Waals surface area contributed by atoms with Crippen LogP contribution < -0.4 is 4.72 Å². The summed E-state index contributed by atoms with van der Waals surface area (Å²) in [5, 5.41) is 8.29. The van der Waals surface area contributed by atoms with E-state index in [1.165, 1.54) is 0 Å². The number of hydrogen-bond donors (Lipinski definition) is 2. The Morgan fingerprint density at radius 2 is 2.08 bits per heavy atom. The van der Waals surface area contributed by atoms with Crippen molar-refractivity contribution < 1.29 is 14.5 Å². The zero-order chi connectivity index (χ0) is 9.78. The molecule has 0 fully saturated rings. The van der Waals surface area contributed by atoms with Crippen molar-refractivity contribution >= 4 is 17.3 Å². The lowest BCUT2D eigenvalue weighted by atomic mass is 10.3. The van der Waals surface area contributed by atoms with Crippen molar-refractivity contribution in [3.05, 3.63) is 0 Å². The second kappa shape index (κ2) is 4.69. The summed E-state index contributed by atoms with van der Waals surface area (Å²) >= 11 is -1.17. The molecule has 0 radical (unpaired) electrons. The average molecular weight is 193 g/mol. The van der Waals surface area contributed by atoms with E-state index < -0.39 is 17.3 Å². The van der Waals surface area contributed by atoms with Gasteiger partial charge in [-0.15, -0.1) is 4.72 Å². The first-order chi connectivity index (χ1) is 5.34. The van der Waals surface area contributed by atoms with Gasteiger partial charge in [0.05, 0.1) is 13.0 Å². The van der Waals surface area contributed by atoms with Crippen LogP contribution in [0, 0.1) is 0 Å². The monoisotopic (exact) mass is 193 g/mol. The third-order valence-electron chi connectivity index (χ3n) is 1.13. The molecule has 0 rings (SSSR count). The molecule has 72 valence electrons. The molecule has 2 N–H and O–H groups in total. The first-order valence-corrected chi connectivity index (χ1v) is 4.86. The molecule has 4 nitrogen and oxygen atoms in total. The number of nitrogens with one attached hydrogen (secondary N) is 1. The second-order valence-electron chi connectivity index (χ2n) is 3.42. The van der Waals surface area contributed by atoms with Gasteiger partial charge in [0.15, 0.2) is 0 Å². The number of rotatable bonds is 4. The van der Waals surface area contributed by atoms with E-state index in [-0.39, 0.29) is 17.7 Å². The van der Waals surface area contributed by atoms with Gasteiger partial charge in [-0.3, -0.25) is 4.79 Å². The van der Waals surface area contributed by atoms with Gasteiger partial charge in [0.2, 0.25) is 0 Å². The van der Waals surface area contributed by atoms with Crippen molar-refractivity contribution in [2.45, 2.75) is 31.9 Å². The van der Waals surface area contributed by atoms with Gasteiger partial charge in [0, 0.05) is 11.4 Å². The van der Waals surface area contributed by atoms with Crippen LogP contribution in [0.4, 0.5) is 0 Å². The second-order valence-corrected chi connectivity index (χ2v) is 5.47. The molecule has 0 aliphatic heterocycles. The number of hydrogen-bond acceptors (Lipinski definition) is 3.